The van der Waals surface area contributed by atoms with E-state index < -0.39 is 17.2 Å². The van der Waals surface area contributed by atoms with Crippen molar-refractivity contribution in [3.8, 4) is 0 Å². The Kier molecular flexibility index (Phi) is 5.86. The molecule has 2 aliphatic heterocycles. The average molecular weight is 419 g/mol. The molecule has 1 aromatic rings. The monoisotopic (exact) mass is 418 g/mol. The number of hydrogen-bond donors (Lipinski definition) is 2. The van der Waals surface area contributed by atoms with Crippen LogP contribution in [0.5, 0.6) is 0 Å². The van der Waals surface area contributed by atoms with Gasteiger partial charge < -0.3 is 20.1 Å². The van der Waals surface area contributed by atoms with Crippen LogP contribution < -0.4 is 5.32 Å². The third kappa shape index (κ3) is 4.23. The van der Waals surface area contributed by atoms with Crippen molar-refractivity contribution in [2.75, 3.05) is 19.7 Å². The predicted molar refractivity (Wildman–Crippen MR) is 109 cm³/mol. The molecule has 6 nitrogen and oxygen atoms in total. The molecule has 2 saturated heterocycles. The van der Waals surface area contributed by atoms with Gasteiger partial charge >= 0.3 is 0 Å². The van der Waals surface area contributed by atoms with Crippen LogP contribution in [-0.4, -0.2) is 58.8 Å². The first-order valence-corrected chi connectivity index (χ1v) is 11.0. The number of amides is 2. The molecular formula is C23H31FN2O4. The van der Waals surface area contributed by atoms with Gasteiger partial charge in [0.05, 0.1) is 17.7 Å². The van der Waals surface area contributed by atoms with E-state index in [9.17, 15) is 19.1 Å². The molecular weight excluding hydrogens is 387 g/mol. The summed E-state index contributed by atoms with van der Waals surface area (Å²) in [6.45, 7) is 3.14. The molecule has 0 aromatic heterocycles. The van der Waals surface area contributed by atoms with Crippen LogP contribution in [0.1, 0.15) is 62.2 Å². The van der Waals surface area contributed by atoms with Crippen LogP contribution in [0.4, 0.5) is 4.39 Å². The quantitative estimate of drug-likeness (QED) is 0.791. The van der Waals surface area contributed by atoms with Crippen LogP contribution in [0.3, 0.4) is 0 Å². The highest BCUT2D eigenvalue weighted by atomic mass is 19.1. The molecule has 2 heterocycles. The van der Waals surface area contributed by atoms with Gasteiger partial charge in [0.2, 0.25) is 5.91 Å². The van der Waals surface area contributed by atoms with E-state index in [2.05, 4.69) is 5.32 Å². The van der Waals surface area contributed by atoms with Gasteiger partial charge in [0, 0.05) is 31.0 Å². The van der Waals surface area contributed by atoms with Gasteiger partial charge in [0.1, 0.15) is 11.9 Å². The maximum absolute atomic E-state index is 13.1. The van der Waals surface area contributed by atoms with Gasteiger partial charge in [-0.2, -0.15) is 0 Å². The molecule has 3 aliphatic rings. The van der Waals surface area contributed by atoms with Gasteiger partial charge in [-0.15, -0.1) is 0 Å². The molecule has 2 atom stereocenters. The summed E-state index contributed by atoms with van der Waals surface area (Å²) >= 11 is 0. The Morgan fingerprint density at radius 3 is 2.43 bits per heavy atom. The van der Waals surface area contributed by atoms with Gasteiger partial charge in [0.25, 0.3) is 5.91 Å². The highest BCUT2D eigenvalue weighted by Crippen LogP contribution is 2.40. The lowest BCUT2D eigenvalue weighted by Crippen LogP contribution is -2.66. The van der Waals surface area contributed by atoms with Crippen molar-refractivity contribution in [3.63, 3.8) is 0 Å². The number of carbonyl (C=O) groups is 2. The topological polar surface area (TPSA) is 78.9 Å². The fraction of sp³-hybridized carbons (Fsp3) is 0.652. The van der Waals surface area contributed by atoms with E-state index in [1.807, 2.05) is 6.92 Å². The minimum atomic E-state index is -0.757. The molecule has 1 aromatic carbocycles. The number of benzene rings is 1. The SMILES string of the molecule is C[C@]1(NC(=O)C2CCCC2)CC2(CCN(C(=O)c3ccc(F)cc3)CC2)OC[C@@H]1O. The number of carbonyl (C=O) groups excluding carboxylic acids is 2. The second-order valence-electron chi connectivity index (χ2n) is 9.37. The second kappa shape index (κ2) is 8.27. The molecule has 4 rings (SSSR count). The van der Waals surface area contributed by atoms with Crippen LogP contribution in [-0.2, 0) is 9.53 Å². The lowest BCUT2D eigenvalue weighted by Gasteiger charge is -2.52. The third-order valence-corrected chi connectivity index (χ3v) is 7.16. The zero-order valence-corrected chi connectivity index (χ0v) is 17.5. The van der Waals surface area contributed by atoms with E-state index in [1.165, 1.54) is 24.3 Å². The normalized spacial score (nSPS) is 29.2. The number of aliphatic hydroxyl groups is 1. The number of aliphatic hydroxyl groups excluding tert-OH is 1. The third-order valence-electron chi connectivity index (χ3n) is 7.16. The Bertz CT molecular complexity index is 785. The Labute approximate surface area is 176 Å². The first-order valence-electron chi connectivity index (χ1n) is 11.0. The highest BCUT2D eigenvalue weighted by Gasteiger charge is 2.50. The number of rotatable bonds is 3. The summed E-state index contributed by atoms with van der Waals surface area (Å²) in [6, 6.07) is 5.60. The molecule has 0 radical (unpaired) electrons. The van der Waals surface area contributed by atoms with E-state index in [0.29, 0.717) is 37.9 Å². The zero-order valence-electron chi connectivity index (χ0n) is 17.5. The summed E-state index contributed by atoms with van der Waals surface area (Å²) in [5.74, 6) is -0.395. The largest absolute Gasteiger partial charge is 0.388 e. The number of hydrogen-bond acceptors (Lipinski definition) is 4. The summed E-state index contributed by atoms with van der Waals surface area (Å²) < 4.78 is 19.2. The van der Waals surface area contributed by atoms with Crippen LogP contribution in [0, 0.1) is 11.7 Å². The molecule has 2 N–H and O–H groups in total. The van der Waals surface area contributed by atoms with E-state index in [-0.39, 0.29) is 30.2 Å². The number of halogens is 1. The Balaban J connectivity index is 1.39. The molecule has 1 saturated carbocycles. The molecule has 0 bridgehead atoms. The number of nitrogens with one attached hydrogen (secondary N) is 1. The Hall–Kier alpha value is -1.99. The Morgan fingerprint density at radius 1 is 1.17 bits per heavy atom. The molecule has 3 fully saturated rings. The average Bonchev–Trinajstić information content (AvgIpc) is 3.27. The molecule has 1 aliphatic carbocycles. The number of ether oxygens (including phenoxy) is 1. The van der Waals surface area contributed by atoms with Crippen LogP contribution in [0.2, 0.25) is 0 Å². The summed E-state index contributed by atoms with van der Waals surface area (Å²) in [4.78, 5) is 27.2. The molecule has 1 spiro atoms. The van der Waals surface area contributed by atoms with Crippen molar-refractivity contribution >= 4 is 11.8 Å². The summed E-state index contributed by atoms with van der Waals surface area (Å²) in [5, 5.41) is 13.7. The van der Waals surface area contributed by atoms with Gasteiger partial charge in [-0.3, -0.25) is 9.59 Å². The lowest BCUT2D eigenvalue weighted by molar-refractivity contribution is -0.180. The maximum Gasteiger partial charge on any atom is 0.253 e. The lowest BCUT2D eigenvalue weighted by atomic mass is 9.74. The minimum absolute atomic E-state index is 0.0371. The first-order chi connectivity index (χ1) is 14.3. The predicted octanol–water partition coefficient (Wildman–Crippen LogP) is 2.65. The van der Waals surface area contributed by atoms with E-state index >= 15 is 0 Å². The minimum Gasteiger partial charge on any atom is -0.388 e. The van der Waals surface area contributed by atoms with Crippen molar-refractivity contribution in [1.82, 2.24) is 10.2 Å². The molecule has 164 valence electrons. The van der Waals surface area contributed by atoms with Crippen molar-refractivity contribution in [3.05, 3.63) is 35.6 Å². The summed E-state index contributed by atoms with van der Waals surface area (Å²) in [7, 11) is 0. The van der Waals surface area contributed by atoms with Gasteiger partial charge in [-0.25, -0.2) is 4.39 Å². The second-order valence-corrected chi connectivity index (χ2v) is 9.37. The Morgan fingerprint density at radius 2 is 1.80 bits per heavy atom. The van der Waals surface area contributed by atoms with Crippen molar-refractivity contribution < 1.29 is 23.8 Å². The van der Waals surface area contributed by atoms with Crippen LogP contribution in [0.25, 0.3) is 0 Å². The molecule has 30 heavy (non-hydrogen) atoms. The van der Waals surface area contributed by atoms with E-state index in [0.717, 1.165) is 25.7 Å². The van der Waals surface area contributed by atoms with E-state index in [1.54, 1.807) is 4.90 Å². The number of likely N-dealkylation sites (tertiary alicyclic amines) is 1. The highest BCUT2D eigenvalue weighted by molar-refractivity contribution is 5.94. The fourth-order valence-corrected chi connectivity index (χ4v) is 5.19. The van der Waals surface area contributed by atoms with Gasteiger partial charge in [-0.1, -0.05) is 12.8 Å². The van der Waals surface area contributed by atoms with Crippen molar-refractivity contribution in [2.45, 2.75) is 69.1 Å². The van der Waals surface area contributed by atoms with Crippen LogP contribution >= 0.6 is 0 Å². The maximum atomic E-state index is 13.1. The molecule has 2 amide bonds. The molecule has 7 heteroatoms. The molecule has 0 unspecified atom stereocenters. The summed E-state index contributed by atoms with van der Waals surface area (Å²) in [5.41, 5.74) is -0.724. The number of piperidine rings is 1. The zero-order chi connectivity index (χ0) is 21.4. The first kappa shape index (κ1) is 21.2. The standard InChI is InChI=1S/C23H31FN2O4/c1-22(25-20(28)16-4-2-3-5-16)15-23(30-14-19(22)27)10-12-26(13-11-23)21(29)17-6-8-18(24)9-7-17/h6-9,16,19,27H,2-5,10-15H2,1H3,(H,25,28)/t19-,22-/m0/s1. The van der Waals surface area contributed by atoms with E-state index in [4.69, 9.17) is 4.74 Å². The van der Waals surface area contributed by atoms with Gasteiger partial charge in [-0.05, 0) is 56.9 Å². The summed E-state index contributed by atoms with van der Waals surface area (Å²) in [6.07, 6.45) is 5.05. The fourth-order valence-electron chi connectivity index (χ4n) is 5.19. The van der Waals surface area contributed by atoms with Crippen molar-refractivity contribution in [2.24, 2.45) is 5.92 Å². The van der Waals surface area contributed by atoms with Crippen LogP contribution in [0.15, 0.2) is 24.3 Å². The smallest absolute Gasteiger partial charge is 0.253 e. The van der Waals surface area contributed by atoms with Crippen molar-refractivity contribution in [1.29, 1.82) is 0 Å². The number of nitrogens with zero attached hydrogens (tertiary/aromatic N) is 1. The van der Waals surface area contributed by atoms with Gasteiger partial charge in [0.15, 0.2) is 0 Å².